The predicted octanol–water partition coefficient (Wildman–Crippen LogP) is 5.70. The minimum absolute atomic E-state index is 0.206. The van der Waals surface area contributed by atoms with Gasteiger partial charge in [-0.25, -0.2) is 4.79 Å². The molecule has 6 heteroatoms. The van der Waals surface area contributed by atoms with E-state index in [9.17, 15) is 9.59 Å². The first-order chi connectivity index (χ1) is 14.4. The summed E-state index contributed by atoms with van der Waals surface area (Å²) in [6, 6.07) is 20.7. The van der Waals surface area contributed by atoms with Gasteiger partial charge in [-0.05, 0) is 66.1 Å². The van der Waals surface area contributed by atoms with Gasteiger partial charge in [0.1, 0.15) is 11.5 Å². The number of anilines is 1. The topological polar surface area (TPSA) is 64.6 Å². The van der Waals surface area contributed by atoms with Crippen molar-refractivity contribution >= 4 is 29.2 Å². The normalized spacial score (nSPS) is 10.5. The monoisotopic (exact) mass is 423 g/mol. The van der Waals surface area contributed by atoms with Gasteiger partial charge in [-0.2, -0.15) is 0 Å². The van der Waals surface area contributed by atoms with Crippen LogP contribution in [0, 0.1) is 0 Å². The second-order valence-electron chi connectivity index (χ2n) is 6.94. The molecule has 0 atom stereocenters. The molecule has 0 aliphatic rings. The van der Waals surface area contributed by atoms with Gasteiger partial charge in [0.2, 0.25) is 0 Å². The Morgan fingerprint density at radius 3 is 2.27 bits per heavy atom. The van der Waals surface area contributed by atoms with Crippen molar-refractivity contribution in [2.24, 2.45) is 0 Å². The lowest BCUT2D eigenvalue weighted by Gasteiger charge is -2.13. The maximum absolute atomic E-state index is 12.3. The number of amides is 1. The molecule has 0 heterocycles. The van der Waals surface area contributed by atoms with Crippen LogP contribution in [0.3, 0.4) is 0 Å². The van der Waals surface area contributed by atoms with Crippen LogP contribution in [-0.2, 0) is 4.79 Å². The lowest BCUT2D eigenvalue weighted by Crippen LogP contribution is -2.18. The molecular formula is C24H22ClNO4. The van der Waals surface area contributed by atoms with Gasteiger partial charge in [-0.3, -0.25) is 4.79 Å². The Balaban J connectivity index is 1.54. The summed E-state index contributed by atoms with van der Waals surface area (Å²) in [5.41, 5.74) is 2.10. The van der Waals surface area contributed by atoms with Crippen molar-refractivity contribution in [3.63, 3.8) is 0 Å². The van der Waals surface area contributed by atoms with Crippen LogP contribution in [0.1, 0.15) is 35.7 Å². The molecule has 0 spiro atoms. The Hall–Kier alpha value is -3.31. The smallest absolute Gasteiger partial charge is 0.349 e. The summed E-state index contributed by atoms with van der Waals surface area (Å²) in [6.07, 6.45) is 0. The first-order valence-corrected chi connectivity index (χ1v) is 9.89. The number of carbonyl (C=O) groups excluding carboxylic acids is 2. The van der Waals surface area contributed by atoms with E-state index in [4.69, 9.17) is 21.1 Å². The number of para-hydroxylation sites is 1. The van der Waals surface area contributed by atoms with E-state index in [0.29, 0.717) is 27.8 Å². The molecule has 3 aromatic carbocycles. The van der Waals surface area contributed by atoms with Crippen LogP contribution in [0.4, 0.5) is 5.69 Å². The van der Waals surface area contributed by atoms with Crippen LogP contribution in [0.2, 0.25) is 5.02 Å². The zero-order valence-electron chi connectivity index (χ0n) is 16.7. The standard InChI is InChI=1S/C24H22ClNO4/c1-16(2)21-5-3-4-6-22(21)29-15-23(27)30-20-13-7-17(8-14-20)24(28)26-19-11-9-18(25)10-12-19/h3-14,16H,15H2,1-2H3,(H,26,28). The van der Waals surface area contributed by atoms with Crippen molar-refractivity contribution in [1.82, 2.24) is 0 Å². The molecule has 3 aromatic rings. The van der Waals surface area contributed by atoms with Gasteiger partial charge in [0.15, 0.2) is 6.61 Å². The number of benzene rings is 3. The number of rotatable bonds is 7. The molecule has 0 fully saturated rings. The highest BCUT2D eigenvalue weighted by atomic mass is 35.5. The van der Waals surface area contributed by atoms with E-state index in [0.717, 1.165) is 5.56 Å². The summed E-state index contributed by atoms with van der Waals surface area (Å²) in [7, 11) is 0. The fraction of sp³-hybridized carbons (Fsp3) is 0.167. The molecule has 5 nitrogen and oxygen atoms in total. The largest absolute Gasteiger partial charge is 0.482 e. The molecule has 3 rings (SSSR count). The molecule has 0 aliphatic heterocycles. The van der Waals surface area contributed by atoms with Crippen LogP contribution in [0.15, 0.2) is 72.8 Å². The number of esters is 1. The molecule has 0 aromatic heterocycles. The third-order valence-electron chi connectivity index (χ3n) is 4.34. The molecule has 154 valence electrons. The van der Waals surface area contributed by atoms with E-state index in [1.165, 1.54) is 0 Å². The van der Waals surface area contributed by atoms with Crippen molar-refractivity contribution in [3.8, 4) is 11.5 Å². The molecule has 0 saturated carbocycles. The number of hydrogen-bond donors (Lipinski definition) is 1. The number of hydrogen-bond acceptors (Lipinski definition) is 4. The third-order valence-corrected chi connectivity index (χ3v) is 4.59. The fourth-order valence-corrected chi connectivity index (χ4v) is 2.92. The zero-order chi connectivity index (χ0) is 21.5. The average molecular weight is 424 g/mol. The number of nitrogens with one attached hydrogen (secondary N) is 1. The molecule has 0 unspecified atom stereocenters. The van der Waals surface area contributed by atoms with Gasteiger partial charge in [0.05, 0.1) is 0 Å². The molecule has 1 N–H and O–H groups in total. The van der Waals surface area contributed by atoms with E-state index in [2.05, 4.69) is 19.2 Å². The van der Waals surface area contributed by atoms with Crippen LogP contribution in [-0.4, -0.2) is 18.5 Å². The van der Waals surface area contributed by atoms with Crippen LogP contribution < -0.4 is 14.8 Å². The Morgan fingerprint density at radius 2 is 1.60 bits per heavy atom. The highest BCUT2D eigenvalue weighted by Crippen LogP contribution is 2.26. The third kappa shape index (κ3) is 5.84. The van der Waals surface area contributed by atoms with E-state index in [-0.39, 0.29) is 18.4 Å². The van der Waals surface area contributed by atoms with Gasteiger partial charge in [-0.1, -0.05) is 43.6 Å². The lowest BCUT2D eigenvalue weighted by molar-refractivity contribution is -0.136. The summed E-state index contributed by atoms with van der Waals surface area (Å²) in [4.78, 5) is 24.4. The molecule has 0 saturated heterocycles. The molecule has 0 bridgehead atoms. The summed E-state index contributed by atoms with van der Waals surface area (Å²) in [5.74, 6) is 0.488. The van der Waals surface area contributed by atoms with Gasteiger partial charge in [0, 0.05) is 16.3 Å². The summed E-state index contributed by atoms with van der Waals surface area (Å²) in [5, 5.41) is 3.37. The maximum atomic E-state index is 12.3. The first-order valence-electron chi connectivity index (χ1n) is 9.52. The van der Waals surface area contributed by atoms with Gasteiger partial charge in [-0.15, -0.1) is 0 Å². The van der Waals surface area contributed by atoms with E-state index < -0.39 is 5.97 Å². The van der Waals surface area contributed by atoms with Gasteiger partial charge in [0.25, 0.3) is 5.91 Å². The Kier molecular flexibility index (Phi) is 7.09. The molecular weight excluding hydrogens is 402 g/mol. The van der Waals surface area contributed by atoms with Gasteiger partial charge >= 0.3 is 5.97 Å². The second kappa shape index (κ2) is 9.94. The minimum atomic E-state index is -0.521. The van der Waals surface area contributed by atoms with E-state index in [1.807, 2.05) is 24.3 Å². The second-order valence-corrected chi connectivity index (χ2v) is 7.38. The molecule has 0 aliphatic carbocycles. The Labute approximate surface area is 180 Å². The number of ether oxygens (including phenoxy) is 2. The quantitative estimate of drug-likeness (QED) is 0.391. The Bertz CT molecular complexity index is 1010. The number of carbonyl (C=O) groups is 2. The first kappa shape index (κ1) is 21.4. The fourth-order valence-electron chi connectivity index (χ4n) is 2.80. The summed E-state index contributed by atoms with van der Waals surface area (Å²) >= 11 is 5.84. The van der Waals surface area contributed by atoms with Crippen molar-refractivity contribution in [2.45, 2.75) is 19.8 Å². The van der Waals surface area contributed by atoms with Crippen molar-refractivity contribution in [2.75, 3.05) is 11.9 Å². The maximum Gasteiger partial charge on any atom is 0.349 e. The zero-order valence-corrected chi connectivity index (χ0v) is 17.5. The van der Waals surface area contributed by atoms with Crippen LogP contribution in [0.25, 0.3) is 0 Å². The number of halogens is 1. The van der Waals surface area contributed by atoms with Crippen LogP contribution in [0.5, 0.6) is 11.5 Å². The minimum Gasteiger partial charge on any atom is -0.482 e. The summed E-state index contributed by atoms with van der Waals surface area (Å²) < 4.78 is 10.9. The predicted molar refractivity (Wildman–Crippen MR) is 118 cm³/mol. The SMILES string of the molecule is CC(C)c1ccccc1OCC(=O)Oc1ccc(C(=O)Nc2ccc(Cl)cc2)cc1. The average Bonchev–Trinajstić information content (AvgIpc) is 2.74. The summed E-state index contributed by atoms with van der Waals surface area (Å²) in [6.45, 7) is 3.92. The van der Waals surface area contributed by atoms with Crippen molar-refractivity contribution in [1.29, 1.82) is 0 Å². The molecule has 1 amide bonds. The van der Waals surface area contributed by atoms with Crippen molar-refractivity contribution < 1.29 is 19.1 Å². The van der Waals surface area contributed by atoms with Crippen molar-refractivity contribution in [3.05, 3.63) is 88.9 Å². The highest BCUT2D eigenvalue weighted by Gasteiger charge is 2.12. The lowest BCUT2D eigenvalue weighted by atomic mass is 10.0. The Morgan fingerprint density at radius 1 is 0.933 bits per heavy atom. The molecule has 0 radical (unpaired) electrons. The van der Waals surface area contributed by atoms with E-state index >= 15 is 0 Å². The van der Waals surface area contributed by atoms with Gasteiger partial charge < -0.3 is 14.8 Å². The van der Waals surface area contributed by atoms with Crippen LogP contribution >= 0.6 is 11.6 Å². The highest BCUT2D eigenvalue weighted by molar-refractivity contribution is 6.30. The van der Waals surface area contributed by atoms with E-state index in [1.54, 1.807) is 48.5 Å². The molecule has 30 heavy (non-hydrogen) atoms.